The number of aromatic nitrogens is 2. The van der Waals surface area contributed by atoms with Gasteiger partial charge in [0.1, 0.15) is 6.04 Å². The number of hydrogen-bond donors (Lipinski definition) is 3. The van der Waals surface area contributed by atoms with E-state index in [1.807, 2.05) is 19.1 Å². The largest absolute Gasteiger partial charge is 0.427 e. The van der Waals surface area contributed by atoms with Crippen LogP contribution in [0.5, 0.6) is 0 Å². The molecule has 2 aromatic rings. The standard InChI is InChI=1S/C29H36N6O3.C3H7N/c1-18(2)12-21-7-8-22-13-23(27(31)37)9-10-25(22)29(20(21)4,28-34-33-17-38-28)14-19(3)32-16-26(36)35-11-5-6-24(35)15-30;1-3(2)4/h9-10,12-13,17,19,24,32H,5-8,11,14,16H2,1-4H3,(H2,31,37);1,4H2,2H3/t19-,24?,29?;/m1./s1. The lowest BCUT2D eigenvalue weighted by Crippen LogP contribution is -2.45. The molecule has 10 nitrogen and oxygen atoms in total. The number of nitriles is 1. The van der Waals surface area contributed by atoms with Crippen molar-refractivity contribution >= 4 is 11.8 Å². The van der Waals surface area contributed by atoms with Crippen LogP contribution in [-0.4, -0.2) is 52.1 Å². The van der Waals surface area contributed by atoms with E-state index in [2.05, 4.69) is 55.0 Å². The number of benzene rings is 1. The fourth-order valence-corrected chi connectivity index (χ4v) is 5.91. The minimum Gasteiger partial charge on any atom is -0.427 e. The number of fused-ring (bicyclic) bond motifs is 1. The van der Waals surface area contributed by atoms with E-state index in [9.17, 15) is 14.9 Å². The molecule has 5 N–H and O–H groups in total. The van der Waals surface area contributed by atoms with Gasteiger partial charge in [-0.3, -0.25) is 9.59 Å². The number of carbonyl (C=O) groups is 2. The van der Waals surface area contributed by atoms with Crippen LogP contribution >= 0.6 is 0 Å². The van der Waals surface area contributed by atoms with Crippen molar-refractivity contribution in [3.8, 4) is 6.07 Å². The SMILES string of the molecule is C=C(C)N.CC(C)=CC1=C(C)C(C[C@@H](C)NCC(=O)N2CCCC2C#N)(c2nnco2)c2ccc(C(N)=O)cc2CC1. The normalized spacial score (nSPS) is 20.4. The van der Waals surface area contributed by atoms with Crippen molar-refractivity contribution in [2.45, 2.75) is 84.2 Å². The van der Waals surface area contributed by atoms with E-state index in [1.54, 1.807) is 17.9 Å². The fraction of sp³-hybridized carbons (Fsp3) is 0.469. The van der Waals surface area contributed by atoms with Gasteiger partial charge in [-0.2, -0.15) is 5.26 Å². The summed E-state index contributed by atoms with van der Waals surface area (Å²) in [5.74, 6) is -0.0768. The van der Waals surface area contributed by atoms with Crippen LogP contribution in [0, 0.1) is 11.3 Å². The highest BCUT2D eigenvalue weighted by Crippen LogP contribution is 2.48. The van der Waals surface area contributed by atoms with Crippen molar-refractivity contribution in [2.75, 3.05) is 13.1 Å². The maximum absolute atomic E-state index is 12.9. The maximum atomic E-state index is 12.9. The number of likely N-dealkylation sites (tertiary alicyclic amines) is 1. The molecule has 2 unspecified atom stereocenters. The molecule has 2 heterocycles. The van der Waals surface area contributed by atoms with Gasteiger partial charge in [-0.1, -0.05) is 29.9 Å². The van der Waals surface area contributed by atoms with Gasteiger partial charge in [0.25, 0.3) is 0 Å². The lowest BCUT2D eigenvalue weighted by molar-refractivity contribution is -0.130. The number of primary amides is 1. The molecular formula is C32H43N7O3. The molecule has 0 spiro atoms. The van der Waals surface area contributed by atoms with Crippen LogP contribution in [0.1, 0.15) is 87.7 Å². The first-order chi connectivity index (χ1) is 19.9. The first-order valence-electron chi connectivity index (χ1n) is 14.3. The molecule has 1 aromatic heterocycles. The number of allylic oxidation sites excluding steroid dienone is 5. The zero-order valence-electron chi connectivity index (χ0n) is 25.4. The number of nitrogens with zero attached hydrogens (tertiary/aromatic N) is 4. The van der Waals surface area contributed by atoms with Gasteiger partial charge >= 0.3 is 0 Å². The van der Waals surface area contributed by atoms with E-state index in [0.717, 1.165) is 42.4 Å². The zero-order valence-corrected chi connectivity index (χ0v) is 25.4. The van der Waals surface area contributed by atoms with Crippen LogP contribution in [0.25, 0.3) is 0 Å². The molecule has 42 heavy (non-hydrogen) atoms. The predicted molar refractivity (Wildman–Crippen MR) is 162 cm³/mol. The Hall–Kier alpha value is -4.23. The second kappa shape index (κ2) is 14.1. The summed E-state index contributed by atoms with van der Waals surface area (Å²) in [6, 6.07) is 7.33. The van der Waals surface area contributed by atoms with Crippen molar-refractivity contribution < 1.29 is 14.0 Å². The molecule has 1 aliphatic carbocycles. The molecule has 1 saturated heterocycles. The van der Waals surface area contributed by atoms with E-state index in [0.29, 0.717) is 30.1 Å². The number of nitrogens with two attached hydrogens (primary N) is 2. The average Bonchev–Trinajstić information content (AvgIpc) is 3.63. The lowest BCUT2D eigenvalue weighted by atomic mass is 9.68. The summed E-state index contributed by atoms with van der Waals surface area (Å²) < 4.78 is 5.92. The molecular weight excluding hydrogens is 530 g/mol. The van der Waals surface area contributed by atoms with Crippen LogP contribution in [0.3, 0.4) is 0 Å². The quantitative estimate of drug-likeness (QED) is 0.426. The van der Waals surface area contributed by atoms with Gasteiger partial charge in [-0.25, -0.2) is 0 Å². The molecule has 0 radical (unpaired) electrons. The smallest absolute Gasteiger partial charge is 0.248 e. The monoisotopic (exact) mass is 573 g/mol. The number of aryl methyl sites for hydroxylation is 1. The Labute approximate surface area is 248 Å². The molecule has 224 valence electrons. The molecule has 2 aliphatic rings. The van der Waals surface area contributed by atoms with Crippen molar-refractivity contribution in [3.05, 3.63) is 82.2 Å². The Bertz CT molecular complexity index is 1400. The van der Waals surface area contributed by atoms with Crippen LogP contribution in [-0.2, 0) is 16.6 Å². The third-order valence-corrected chi connectivity index (χ3v) is 7.76. The molecule has 2 amide bonds. The minimum atomic E-state index is -0.780. The third-order valence-electron chi connectivity index (χ3n) is 7.76. The maximum Gasteiger partial charge on any atom is 0.248 e. The molecule has 0 bridgehead atoms. The van der Waals surface area contributed by atoms with Gasteiger partial charge in [0.05, 0.1) is 18.0 Å². The molecule has 3 atom stereocenters. The second-order valence-corrected chi connectivity index (χ2v) is 11.5. The van der Waals surface area contributed by atoms with Crippen LogP contribution in [0.4, 0.5) is 0 Å². The molecule has 4 rings (SSSR count). The van der Waals surface area contributed by atoms with Gasteiger partial charge in [0.15, 0.2) is 0 Å². The van der Waals surface area contributed by atoms with Crippen LogP contribution in [0.15, 0.2) is 64.1 Å². The summed E-state index contributed by atoms with van der Waals surface area (Å²) in [5, 5.41) is 21.2. The van der Waals surface area contributed by atoms with Gasteiger partial charge in [-0.15, -0.1) is 10.2 Å². The second-order valence-electron chi connectivity index (χ2n) is 11.5. The number of rotatable bonds is 8. The lowest BCUT2D eigenvalue weighted by Gasteiger charge is -2.36. The van der Waals surface area contributed by atoms with Crippen molar-refractivity contribution in [3.63, 3.8) is 0 Å². The third kappa shape index (κ3) is 7.34. The number of amides is 2. The van der Waals surface area contributed by atoms with E-state index in [4.69, 9.17) is 15.9 Å². The summed E-state index contributed by atoms with van der Waals surface area (Å²) >= 11 is 0. The summed E-state index contributed by atoms with van der Waals surface area (Å²) in [5.41, 5.74) is 16.3. The van der Waals surface area contributed by atoms with Gasteiger partial charge in [0, 0.05) is 18.2 Å². The van der Waals surface area contributed by atoms with Crippen molar-refractivity contribution in [2.24, 2.45) is 11.5 Å². The van der Waals surface area contributed by atoms with E-state index >= 15 is 0 Å². The first-order valence-corrected chi connectivity index (χ1v) is 14.3. The Kier molecular flexibility index (Phi) is 10.8. The summed E-state index contributed by atoms with van der Waals surface area (Å²) in [6.45, 7) is 14.1. The summed E-state index contributed by atoms with van der Waals surface area (Å²) in [7, 11) is 0. The van der Waals surface area contributed by atoms with Crippen molar-refractivity contribution in [1.82, 2.24) is 20.4 Å². The van der Waals surface area contributed by atoms with Crippen molar-refractivity contribution in [1.29, 1.82) is 5.26 Å². The number of hydrogen-bond acceptors (Lipinski definition) is 8. The van der Waals surface area contributed by atoms with Gasteiger partial charge in [-0.05, 0) is 101 Å². The Morgan fingerprint density at radius 2 is 2.02 bits per heavy atom. The fourth-order valence-electron chi connectivity index (χ4n) is 5.91. The molecule has 1 fully saturated rings. The molecule has 10 heteroatoms. The Morgan fingerprint density at radius 1 is 1.31 bits per heavy atom. The van der Waals surface area contributed by atoms with Crippen LogP contribution in [0.2, 0.25) is 0 Å². The predicted octanol–water partition coefficient (Wildman–Crippen LogP) is 4.04. The highest BCUT2D eigenvalue weighted by molar-refractivity contribution is 5.93. The average molecular weight is 574 g/mol. The minimum absolute atomic E-state index is 0.0717. The molecule has 0 saturated carbocycles. The van der Waals surface area contributed by atoms with Gasteiger partial charge in [0.2, 0.25) is 24.1 Å². The topological polar surface area (TPSA) is 164 Å². The first kappa shape index (κ1) is 32.3. The van der Waals surface area contributed by atoms with E-state index < -0.39 is 11.3 Å². The highest BCUT2D eigenvalue weighted by atomic mass is 16.4. The molecule has 1 aliphatic heterocycles. The molecule has 1 aromatic carbocycles. The highest BCUT2D eigenvalue weighted by Gasteiger charge is 2.45. The van der Waals surface area contributed by atoms with Gasteiger partial charge < -0.3 is 26.1 Å². The van der Waals surface area contributed by atoms with E-state index in [1.165, 1.54) is 17.5 Å². The Balaban J connectivity index is 0.00000114. The zero-order chi connectivity index (χ0) is 31.0. The summed E-state index contributed by atoms with van der Waals surface area (Å²) in [6.07, 6.45) is 7.16. The van der Waals surface area contributed by atoms with E-state index in [-0.39, 0.29) is 24.5 Å². The number of carbonyl (C=O) groups excluding carboxylic acids is 2. The number of nitrogens with one attached hydrogen (secondary N) is 1. The Morgan fingerprint density at radius 3 is 2.62 bits per heavy atom. The van der Waals surface area contributed by atoms with Crippen LogP contribution < -0.4 is 16.8 Å². The summed E-state index contributed by atoms with van der Waals surface area (Å²) in [4.78, 5) is 26.6.